The van der Waals surface area contributed by atoms with Gasteiger partial charge < -0.3 is 15.0 Å². The van der Waals surface area contributed by atoms with Gasteiger partial charge >= 0.3 is 0 Å². The van der Waals surface area contributed by atoms with Crippen molar-refractivity contribution in [3.8, 4) is 0 Å². The van der Waals surface area contributed by atoms with E-state index in [0.717, 1.165) is 38.5 Å². The van der Waals surface area contributed by atoms with Crippen molar-refractivity contribution in [2.24, 2.45) is 5.92 Å². The summed E-state index contributed by atoms with van der Waals surface area (Å²) in [4.78, 5) is 28.0. The summed E-state index contributed by atoms with van der Waals surface area (Å²) < 4.78 is 5.26. The Hall–Kier alpha value is -1.10. The average molecular weight is 294 g/mol. The summed E-state index contributed by atoms with van der Waals surface area (Å²) in [6.45, 7) is 4.40. The number of hydrogen-bond acceptors (Lipinski definition) is 3. The lowest BCUT2D eigenvalue weighted by molar-refractivity contribution is -0.168. The molecule has 0 aromatic rings. The summed E-state index contributed by atoms with van der Waals surface area (Å²) in [7, 11) is 1.64. The normalized spacial score (nSPS) is 33.4. The molecule has 0 radical (unpaired) electrons. The van der Waals surface area contributed by atoms with Crippen molar-refractivity contribution in [1.82, 2.24) is 10.2 Å². The van der Waals surface area contributed by atoms with E-state index in [9.17, 15) is 9.59 Å². The standard InChI is InChI=1S/C16H26N2O3/c1-11(10-21-3)18-14(20)16(8-4-5-9-16)17-13(19)15(18,2)12-6-7-12/h11-12H,4-10H2,1-3H3,(H,17,19). The number of hydrogen-bond donors (Lipinski definition) is 1. The van der Waals surface area contributed by atoms with Crippen LogP contribution in [-0.2, 0) is 14.3 Å². The Kier molecular flexibility index (Phi) is 3.51. The van der Waals surface area contributed by atoms with E-state index in [1.54, 1.807) is 7.11 Å². The number of amides is 2. The van der Waals surface area contributed by atoms with Gasteiger partial charge in [0.25, 0.3) is 0 Å². The van der Waals surface area contributed by atoms with Crippen LogP contribution in [0.15, 0.2) is 0 Å². The SMILES string of the molecule is COCC(C)N1C(=O)C2(CCCC2)NC(=O)C1(C)C1CC1. The molecule has 5 heteroatoms. The first-order valence-corrected chi connectivity index (χ1v) is 8.11. The van der Waals surface area contributed by atoms with E-state index in [1.807, 2.05) is 18.7 Å². The van der Waals surface area contributed by atoms with Crippen LogP contribution in [0, 0.1) is 5.92 Å². The molecule has 2 amide bonds. The Morgan fingerprint density at radius 1 is 1.33 bits per heavy atom. The highest BCUT2D eigenvalue weighted by Gasteiger charge is 2.62. The van der Waals surface area contributed by atoms with Crippen LogP contribution in [0.3, 0.4) is 0 Å². The summed E-state index contributed by atoms with van der Waals surface area (Å²) in [5.74, 6) is 0.438. The minimum atomic E-state index is -0.705. The molecular weight excluding hydrogens is 268 g/mol. The summed E-state index contributed by atoms with van der Waals surface area (Å²) in [6.07, 6.45) is 5.63. The van der Waals surface area contributed by atoms with E-state index < -0.39 is 11.1 Å². The quantitative estimate of drug-likeness (QED) is 0.854. The van der Waals surface area contributed by atoms with Crippen molar-refractivity contribution in [1.29, 1.82) is 0 Å². The van der Waals surface area contributed by atoms with Crippen molar-refractivity contribution in [2.45, 2.75) is 69.5 Å². The molecule has 0 aromatic carbocycles. The van der Waals surface area contributed by atoms with Crippen molar-refractivity contribution < 1.29 is 14.3 Å². The second-order valence-corrected chi connectivity index (χ2v) is 7.14. The van der Waals surface area contributed by atoms with Crippen molar-refractivity contribution in [3.05, 3.63) is 0 Å². The average Bonchev–Trinajstić information content (AvgIpc) is 3.19. The van der Waals surface area contributed by atoms with Gasteiger partial charge in [0, 0.05) is 7.11 Å². The lowest BCUT2D eigenvalue weighted by Gasteiger charge is -2.52. The fourth-order valence-electron chi connectivity index (χ4n) is 4.27. The third-order valence-corrected chi connectivity index (χ3v) is 5.62. The van der Waals surface area contributed by atoms with Crippen LogP contribution in [0.4, 0.5) is 0 Å². The largest absolute Gasteiger partial charge is 0.383 e. The number of nitrogens with one attached hydrogen (secondary N) is 1. The molecule has 2 saturated carbocycles. The predicted molar refractivity (Wildman–Crippen MR) is 78.7 cm³/mol. The van der Waals surface area contributed by atoms with Crippen LogP contribution in [0.5, 0.6) is 0 Å². The molecular formula is C16H26N2O3. The van der Waals surface area contributed by atoms with Gasteiger partial charge in [0.2, 0.25) is 11.8 Å². The second kappa shape index (κ2) is 4.97. The lowest BCUT2D eigenvalue weighted by atomic mass is 9.81. The van der Waals surface area contributed by atoms with Gasteiger partial charge in [0.05, 0.1) is 12.6 Å². The highest BCUT2D eigenvalue weighted by Crippen LogP contribution is 2.48. The van der Waals surface area contributed by atoms with E-state index >= 15 is 0 Å². The van der Waals surface area contributed by atoms with E-state index in [-0.39, 0.29) is 17.9 Å². The van der Waals surface area contributed by atoms with Crippen LogP contribution >= 0.6 is 0 Å². The van der Waals surface area contributed by atoms with Crippen LogP contribution in [-0.4, -0.2) is 47.6 Å². The zero-order chi connectivity index (χ0) is 15.3. The Morgan fingerprint density at radius 3 is 2.48 bits per heavy atom. The molecule has 2 atom stereocenters. The summed E-state index contributed by atoms with van der Waals surface area (Å²) >= 11 is 0. The van der Waals surface area contributed by atoms with Crippen molar-refractivity contribution in [3.63, 3.8) is 0 Å². The van der Waals surface area contributed by atoms with Gasteiger partial charge in [-0.15, -0.1) is 0 Å². The number of rotatable bonds is 4. The molecule has 2 unspecified atom stereocenters. The Balaban J connectivity index is 1.98. The van der Waals surface area contributed by atoms with E-state index in [2.05, 4.69) is 5.32 Å². The zero-order valence-electron chi connectivity index (χ0n) is 13.3. The number of methoxy groups -OCH3 is 1. The number of carbonyl (C=O) groups is 2. The Morgan fingerprint density at radius 2 is 1.95 bits per heavy atom. The highest BCUT2D eigenvalue weighted by molar-refractivity contribution is 6.03. The van der Waals surface area contributed by atoms with Gasteiger partial charge in [0.15, 0.2) is 0 Å². The van der Waals surface area contributed by atoms with Gasteiger partial charge in [-0.2, -0.15) is 0 Å². The third-order valence-electron chi connectivity index (χ3n) is 5.62. The van der Waals surface area contributed by atoms with Crippen LogP contribution < -0.4 is 5.32 Å². The molecule has 0 bridgehead atoms. The van der Waals surface area contributed by atoms with Gasteiger partial charge in [-0.05, 0) is 45.4 Å². The molecule has 1 saturated heterocycles. The molecule has 3 rings (SSSR count). The molecule has 3 fully saturated rings. The molecule has 1 spiro atoms. The Labute approximate surface area is 126 Å². The van der Waals surface area contributed by atoms with Crippen LogP contribution in [0.1, 0.15) is 52.4 Å². The monoisotopic (exact) mass is 294 g/mol. The highest BCUT2D eigenvalue weighted by atomic mass is 16.5. The smallest absolute Gasteiger partial charge is 0.249 e. The summed E-state index contributed by atoms with van der Waals surface area (Å²) in [5.41, 5.74) is -1.35. The van der Waals surface area contributed by atoms with Crippen molar-refractivity contribution in [2.75, 3.05) is 13.7 Å². The summed E-state index contributed by atoms with van der Waals surface area (Å²) in [6, 6.07) is -0.0726. The molecule has 2 aliphatic carbocycles. The second-order valence-electron chi connectivity index (χ2n) is 7.14. The number of nitrogens with zero attached hydrogens (tertiary/aromatic N) is 1. The summed E-state index contributed by atoms with van der Waals surface area (Å²) in [5, 5.41) is 3.11. The third kappa shape index (κ3) is 2.08. The first kappa shape index (κ1) is 14.8. The van der Waals surface area contributed by atoms with E-state index in [0.29, 0.717) is 12.5 Å². The van der Waals surface area contributed by atoms with Gasteiger partial charge in [0.1, 0.15) is 11.1 Å². The first-order valence-electron chi connectivity index (χ1n) is 8.11. The van der Waals surface area contributed by atoms with Crippen molar-refractivity contribution >= 4 is 11.8 Å². The van der Waals surface area contributed by atoms with Crippen LogP contribution in [0.25, 0.3) is 0 Å². The van der Waals surface area contributed by atoms with Gasteiger partial charge in [-0.25, -0.2) is 0 Å². The maximum atomic E-state index is 13.2. The molecule has 1 heterocycles. The first-order chi connectivity index (χ1) is 9.95. The fourth-order valence-corrected chi connectivity index (χ4v) is 4.27. The minimum absolute atomic E-state index is 0.0365. The minimum Gasteiger partial charge on any atom is -0.383 e. The lowest BCUT2D eigenvalue weighted by Crippen LogP contribution is -2.76. The molecule has 118 valence electrons. The predicted octanol–water partition coefficient (Wildman–Crippen LogP) is 1.46. The Bertz CT molecular complexity index is 454. The maximum Gasteiger partial charge on any atom is 0.249 e. The number of ether oxygens (including phenoxy) is 1. The van der Waals surface area contributed by atoms with Gasteiger partial charge in [-0.3, -0.25) is 9.59 Å². The molecule has 0 aromatic heterocycles. The molecule has 5 nitrogen and oxygen atoms in total. The van der Waals surface area contributed by atoms with E-state index in [4.69, 9.17) is 4.74 Å². The fraction of sp³-hybridized carbons (Fsp3) is 0.875. The molecule has 1 aliphatic heterocycles. The maximum absolute atomic E-state index is 13.2. The zero-order valence-corrected chi connectivity index (χ0v) is 13.3. The van der Waals surface area contributed by atoms with Gasteiger partial charge in [-0.1, -0.05) is 12.8 Å². The topological polar surface area (TPSA) is 58.6 Å². The number of carbonyl (C=O) groups excluding carboxylic acids is 2. The van der Waals surface area contributed by atoms with Crippen LogP contribution in [0.2, 0.25) is 0 Å². The molecule has 3 aliphatic rings. The molecule has 21 heavy (non-hydrogen) atoms. The number of piperazine rings is 1. The van der Waals surface area contributed by atoms with E-state index in [1.165, 1.54) is 0 Å². The molecule has 1 N–H and O–H groups in total.